The van der Waals surface area contributed by atoms with E-state index in [4.69, 9.17) is 0 Å². The predicted octanol–water partition coefficient (Wildman–Crippen LogP) is 1.97. The van der Waals surface area contributed by atoms with Crippen molar-refractivity contribution < 1.29 is 9.90 Å². The summed E-state index contributed by atoms with van der Waals surface area (Å²) in [5.41, 5.74) is 1.58. The maximum Gasteiger partial charge on any atom is 0.322 e. The predicted molar refractivity (Wildman–Crippen MR) is 86.0 cm³/mol. The third-order valence-corrected chi connectivity index (χ3v) is 3.46. The molecule has 7 nitrogen and oxygen atoms in total. The van der Waals surface area contributed by atoms with E-state index in [1.165, 1.54) is 0 Å². The van der Waals surface area contributed by atoms with E-state index in [0.717, 1.165) is 5.56 Å². The fraction of sp³-hybridized carbons (Fsp3) is 0.188. The lowest BCUT2D eigenvalue weighted by atomic mass is 10.0. The first kappa shape index (κ1) is 15.0. The smallest absolute Gasteiger partial charge is 0.322 e. The normalized spacial score (nSPS) is 12.0. The largest absolute Gasteiger partial charge is 0.396 e. The van der Waals surface area contributed by atoms with E-state index in [0.29, 0.717) is 18.0 Å². The van der Waals surface area contributed by atoms with E-state index < -0.39 is 6.03 Å². The van der Waals surface area contributed by atoms with Crippen molar-refractivity contribution in [3.8, 4) is 0 Å². The Kier molecular flexibility index (Phi) is 4.49. The van der Waals surface area contributed by atoms with E-state index in [9.17, 15) is 9.90 Å². The first-order chi connectivity index (χ1) is 11.3. The minimum atomic E-state index is -0.398. The number of hydrogen-bond donors (Lipinski definition) is 3. The molecule has 23 heavy (non-hydrogen) atoms. The van der Waals surface area contributed by atoms with Crippen molar-refractivity contribution in [2.45, 2.75) is 12.5 Å². The summed E-state index contributed by atoms with van der Waals surface area (Å²) in [4.78, 5) is 12.2. The van der Waals surface area contributed by atoms with Crippen LogP contribution in [-0.2, 0) is 0 Å². The average molecular weight is 311 g/mol. The first-order valence-electron chi connectivity index (χ1n) is 7.31. The molecule has 0 aliphatic carbocycles. The van der Waals surface area contributed by atoms with Gasteiger partial charge in [0, 0.05) is 12.8 Å². The van der Waals surface area contributed by atoms with Crippen molar-refractivity contribution >= 4 is 17.6 Å². The van der Waals surface area contributed by atoms with Gasteiger partial charge in [-0.25, -0.2) is 4.79 Å². The number of amides is 2. The molecule has 118 valence electrons. The number of nitrogens with zero attached hydrogens (tertiary/aromatic N) is 3. The van der Waals surface area contributed by atoms with Gasteiger partial charge in [0.2, 0.25) is 5.95 Å². The topological polar surface area (TPSA) is 91.6 Å². The van der Waals surface area contributed by atoms with Crippen molar-refractivity contribution in [1.82, 2.24) is 19.9 Å². The highest BCUT2D eigenvalue weighted by atomic mass is 16.3. The third-order valence-electron chi connectivity index (χ3n) is 3.46. The molecule has 0 saturated carbocycles. The van der Waals surface area contributed by atoms with E-state index in [2.05, 4.69) is 20.8 Å². The molecule has 3 aromatic rings. The van der Waals surface area contributed by atoms with E-state index in [1.807, 2.05) is 42.5 Å². The van der Waals surface area contributed by atoms with Crippen molar-refractivity contribution in [2.24, 2.45) is 0 Å². The van der Waals surface area contributed by atoms with E-state index in [-0.39, 0.29) is 12.6 Å². The van der Waals surface area contributed by atoms with Gasteiger partial charge in [0.15, 0.2) is 5.65 Å². The molecule has 0 bridgehead atoms. The number of aromatic nitrogens is 3. The van der Waals surface area contributed by atoms with Gasteiger partial charge in [-0.1, -0.05) is 36.4 Å². The van der Waals surface area contributed by atoms with Crippen LogP contribution in [0.3, 0.4) is 0 Å². The van der Waals surface area contributed by atoms with Crippen molar-refractivity contribution in [3.63, 3.8) is 0 Å². The molecular weight excluding hydrogens is 294 g/mol. The standard InChI is InChI=1S/C16H17N5O2/c22-11-9-13(12-6-2-1-3-7-12)17-16(23)18-15-20-19-14-8-4-5-10-21(14)15/h1-8,10,13,22H,9,11H2,(H2,17,18,20,23)/t13-/m1/s1. The molecule has 1 atom stereocenters. The number of pyridine rings is 1. The second-order valence-electron chi connectivity index (χ2n) is 5.03. The number of anilines is 1. The number of carbonyl (C=O) groups excluding carboxylic acids is 1. The van der Waals surface area contributed by atoms with Crippen LogP contribution in [0.4, 0.5) is 10.7 Å². The summed E-state index contributed by atoms with van der Waals surface area (Å²) < 4.78 is 1.68. The number of benzene rings is 1. The van der Waals surface area contributed by atoms with Gasteiger partial charge >= 0.3 is 6.03 Å². The number of fused-ring (bicyclic) bond motifs is 1. The Balaban J connectivity index is 1.72. The number of aliphatic hydroxyl groups is 1. The Hall–Kier alpha value is -2.93. The van der Waals surface area contributed by atoms with Crippen LogP contribution in [0.15, 0.2) is 54.7 Å². The molecule has 0 saturated heterocycles. The van der Waals surface area contributed by atoms with Crippen LogP contribution in [0.5, 0.6) is 0 Å². The zero-order valence-corrected chi connectivity index (χ0v) is 12.4. The molecule has 7 heteroatoms. The summed E-state index contributed by atoms with van der Waals surface area (Å²) in [5.74, 6) is 0.342. The minimum absolute atomic E-state index is 0.0201. The number of aliphatic hydroxyl groups excluding tert-OH is 1. The van der Waals surface area contributed by atoms with Crippen LogP contribution < -0.4 is 10.6 Å². The Morgan fingerprint density at radius 2 is 1.91 bits per heavy atom. The second-order valence-corrected chi connectivity index (χ2v) is 5.03. The zero-order valence-electron chi connectivity index (χ0n) is 12.4. The summed E-state index contributed by atoms with van der Waals surface area (Å²) in [6, 6.07) is 14.3. The average Bonchev–Trinajstić information content (AvgIpc) is 2.98. The second kappa shape index (κ2) is 6.89. The van der Waals surface area contributed by atoms with Gasteiger partial charge in [-0.2, -0.15) is 0 Å². The van der Waals surface area contributed by atoms with Gasteiger partial charge in [-0.15, -0.1) is 10.2 Å². The lowest BCUT2D eigenvalue weighted by molar-refractivity contribution is 0.239. The molecule has 0 fully saturated rings. The molecule has 0 radical (unpaired) electrons. The SMILES string of the molecule is O=C(Nc1nnc2ccccn12)N[C@H](CCO)c1ccccc1. The molecule has 2 amide bonds. The molecule has 0 aliphatic heterocycles. The Morgan fingerprint density at radius 3 is 2.70 bits per heavy atom. The Bertz CT molecular complexity index is 787. The molecule has 0 unspecified atom stereocenters. The lowest BCUT2D eigenvalue weighted by Gasteiger charge is -2.18. The molecule has 0 aliphatic rings. The summed E-state index contributed by atoms with van der Waals surface area (Å²) in [6.45, 7) is -0.0201. The molecule has 0 spiro atoms. The van der Waals surface area contributed by atoms with Crippen LogP contribution in [-0.4, -0.2) is 32.3 Å². The van der Waals surface area contributed by atoms with E-state index >= 15 is 0 Å². The van der Waals surface area contributed by atoms with Gasteiger partial charge in [-0.05, 0) is 24.1 Å². The van der Waals surface area contributed by atoms with Crippen LogP contribution in [0, 0.1) is 0 Å². The number of urea groups is 1. The first-order valence-corrected chi connectivity index (χ1v) is 7.31. The molecule has 3 N–H and O–H groups in total. The van der Waals surface area contributed by atoms with Gasteiger partial charge in [-0.3, -0.25) is 9.72 Å². The molecule has 3 rings (SSSR count). The summed E-state index contributed by atoms with van der Waals surface area (Å²) in [5, 5.41) is 22.7. The number of nitrogens with one attached hydrogen (secondary N) is 2. The highest BCUT2D eigenvalue weighted by molar-refractivity contribution is 5.88. The van der Waals surface area contributed by atoms with E-state index in [1.54, 1.807) is 16.7 Å². The molecule has 1 aromatic carbocycles. The number of rotatable bonds is 5. The fourth-order valence-corrected chi connectivity index (χ4v) is 2.36. The maximum absolute atomic E-state index is 12.2. The van der Waals surface area contributed by atoms with Gasteiger partial charge < -0.3 is 10.4 Å². The van der Waals surface area contributed by atoms with Crippen LogP contribution in [0.25, 0.3) is 5.65 Å². The highest BCUT2D eigenvalue weighted by Gasteiger charge is 2.15. The third kappa shape index (κ3) is 3.46. The lowest BCUT2D eigenvalue weighted by Crippen LogP contribution is -2.33. The number of hydrogen-bond acceptors (Lipinski definition) is 4. The van der Waals surface area contributed by atoms with Crippen LogP contribution in [0.1, 0.15) is 18.0 Å². The van der Waals surface area contributed by atoms with Crippen LogP contribution >= 0.6 is 0 Å². The summed E-state index contributed by atoms with van der Waals surface area (Å²) in [6.07, 6.45) is 2.20. The molecule has 2 aromatic heterocycles. The number of carbonyl (C=O) groups is 1. The maximum atomic E-state index is 12.2. The van der Waals surface area contributed by atoms with Crippen molar-refractivity contribution in [2.75, 3.05) is 11.9 Å². The van der Waals surface area contributed by atoms with Gasteiger partial charge in [0.05, 0.1) is 6.04 Å². The van der Waals surface area contributed by atoms with Crippen molar-refractivity contribution in [3.05, 3.63) is 60.3 Å². The zero-order chi connectivity index (χ0) is 16.1. The fourth-order valence-electron chi connectivity index (χ4n) is 2.36. The molecular formula is C16H17N5O2. The Labute approximate surface area is 133 Å². The monoisotopic (exact) mass is 311 g/mol. The summed E-state index contributed by atoms with van der Waals surface area (Å²) in [7, 11) is 0. The van der Waals surface area contributed by atoms with Gasteiger partial charge in [0.1, 0.15) is 0 Å². The molecule has 2 heterocycles. The van der Waals surface area contributed by atoms with Crippen LogP contribution in [0.2, 0.25) is 0 Å². The summed E-state index contributed by atoms with van der Waals surface area (Å²) >= 11 is 0. The van der Waals surface area contributed by atoms with Gasteiger partial charge in [0.25, 0.3) is 0 Å². The Morgan fingerprint density at radius 1 is 1.13 bits per heavy atom. The highest BCUT2D eigenvalue weighted by Crippen LogP contribution is 2.16. The van der Waals surface area contributed by atoms with Crippen molar-refractivity contribution in [1.29, 1.82) is 0 Å². The quantitative estimate of drug-likeness (QED) is 0.672. The minimum Gasteiger partial charge on any atom is -0.396 e.